The van der Waals surface area contributed by atoms with Gasteiger partial charge in [0, 0.05) is 28.1 Å². The fourth-order valence-corrected chi connectivity index (χ4v) is 4.74. The van der Waals surface area contributed by atoms with Crippen LogP contribution in [-0.4, -0.2) is 20.8 Å². The smallest absolute Gasteiger partial charge is 0.312 e. The molecule has 0 radical (unpaired) electrons. The van der Waals surface area contributed by atoms with Crippen molar-refractivity contribution < 1.29 is 9.66 Å². The molecule has 38 heavy (non-hydrogen) atoms. The van der Waals surface area contributed by atoms with E-state index < -0.39 is 4.92 Å². The van der Waals surface area contributed by atoms with Gasteiger partial charge in [-0.25, -0.2) is 4.98 Å². The maximum atomic E-state index is 13.3. The topological polar surface area (TPSA) is 123 Å². The van der Waals surface area contributed by atoms with Crippen molar-refractivity contribution in [2.45, 2.75) is 32.8 Å². The number of aromatic nitrogens is 2. The van der Waals surface area contributed by atoms with Crippen LogP contribution in [0.5, 0.6) is 5.75 Å². The Kier molecular flexibility index (Phi) is 8.66. The van der Waals surface area contributed by atoms with Crippen LogP contribution >= 0.6 is 31.9 Å². The summed E-state index contributed by atoms with van der Waals surface area (Å²) in [5, 5.41) is 26.0. The quantitative estimate of drug-likeness (QED) is 0.117. The minimum Gasteiger partial charge on any atom is -0.481 e. The minimum absolute atomic E-state index is 0.0227. The summed E-state index contributed by atoms with van der Waals surface area (Å²) >= 11 is 6.75. The summed E-state index contributed by atoms with van der Waals surface area (Å²) in [6.45, 7) is 2.02. The second-order valence-corrected chi connectivity index (χ2v) is 10.1. The Morgan fingerprint density at radius 3 is 2.74 bits per heavy atom. The number of nitriles is 1. The van der Waals surface area contributed by atoms with Gasteiger partial charge < -0.3 is 4.74 Å². The third-order valence-corrected chi connectivity index (χ3v) is 6.79. The van der Waals surface area contributed by atoms with E-state index in [2.05, 4.69) is 48.0 Å². The zero-order valence-corrected chi connectivity index (χ0v) is 23.4. The summed E-state index contributed by atoms with van der Waals surface area (Å²) in [5.74, 6) is 0.533. The first-order valence-electron chi connectivity index (χ1n) is 11.7. The lowest BCUT2D eigenvalue weighted by atomic mass is 10.1. The van der Waals surface area contributed by atoms with Crippen molar-refractivity contribution in [3.05, 3.63) is 107 Å². The molecule has 0 unspecified atom stereocenters. The van der Waals surface area contributed by atoms with E-state index in [1.165, 1.54) is 17.0 Å². The number of ether oxygens (including phenoxy) is 1. The predicted octanol–water partition coefficient (Wildman–Crippen LogP) is 6.51. The molecule has 3 aromatic carbocycles. The van der Waals surface area contributed by atoms with Crippen molar-refractivity contribution in [1.29, 1.82) is 5.26 Å². The van der Waals surface area contributed by atoms with Crippen molar-refractivity contribution in [2.24, 2.45) is 5.10 Å². The Labute approximate surface area is 234 Å². The molecular formula is C27H21Br2N5O4. The number of fused-ring (bicyclic) bond motifs is 1. The number of hydrogen-bond donors (Lipinski definition) is 0. The van der Waals surface area contributed by atoms with Crippen LogP contribution in [-0.2, 0) is 13.0 Å². The lowest BCUT2D eigenvalue weighted by Gasteiger charge is -2.11. The Bertz CT molecular complexity index is 1660. The Morgan fingerprint density at radius 2 is 2.00 bits per heavy atom. The third kappa shape index (κ3) is 5.98. The monoisotopic (exact) mass is 637 g/mol. The highest BCUT2D eigenvalue weighted by Gasteiger charge is 2.21. The third-order valence-electron chi connectivity index (χ3n) is 5.70. The van der Waals surface area contributed by atoms with Crippen molar-refractivity contribution >= 4 is 54.7 Å². The molecule has 0 saturated heterocycles. The zero-order valence-electron chi connectivity index (χ0n) is 20.2. The van der Waals surface area contributed by atoms with Crippen LogP contribution in [0.3, 0.4) is 0 Å². The zero-order chi connectivity index (χ0) is 27.2. The van der Waals surface area contributed by atoms with E-state index in [1.807, 2.05) is 13.0 Å². The summed E-state index contributed by atoms with van der Waals surface area (Å²) in [6, 6.07) is 17.2. The van der Waals surface area contributed by atoms with Crippen LogP contribution in [0.1, 0.15) is 42.3 Å². The molecule has 0 spiro atoms. The second kappa shape index (κ2) is 12.1. The molecular weight excluding hydrogens is 618 g/mol. The lowest BCUT2D eigenvalue weighted by Crippen LogP contribution is -2.22. The van der Waals surface area contributed by atoms with Gasteiger partial charge in [0.05, 0.1) is 38.1 Å². The Hall–Kier alpha value is -3.88. The van der Waals surface area contributed by atoms with E-state index in [0.29, 0.717) is 44.3 Å². The molecule has 0 N–H and O–H groups in total. The van der Waals surface area contributed by atoms with E-state index in [0.717, 1.165) is 17.3 Å². The van der Waals surface area contributed by atoms with Gasteiger partial charge in [-0.05, 0) is 52.7 Å². The molecule has 0 aliphatic carbocycles. The minimum atomic E-state index is -0.554. The van der Waals surface area contributed by atoms with Gasteiger partial charge in [0.2, 0.25) is 5.75 Å². The van der Waals surface area contributed by atoms with E-state index in [4.69, 9.17) is 4.74 Å². The van der Waals surface area contributed by atoms with Gasteiger partial charge in [0.1, 0.15) is 12.4 Å². The molecule has 11 heteroatoms. The summed E-state index contributed by atoms with van der Waals surface area (Å²) in [6.07, 6.45) is 3.67. The first-order valence-corrected chi connectivity index (χ1v) is 13.2. The van der Waals surface area contributed by atoms with Crippen LogP contribution in [0.2, 0.25) is 0 Å². The maximum absolute atomic E-state index is 13.3. The van der Waals surface area contributed by atoms with E-state index >= 15 is 0 Å². The predicted molar refractivity (Wildman–Crippen MR) is 152 cm³/mol. The fraction of sp³-hybridized carbons (Fsp3) is 0.185. The van der Waals surface area contributed by atoms with Crippen LogP contribution < -0.4 is 10.3 Å². The SMILES string of the molecule is CCCCc1nc2ccc(Br)cc2c(=O)n1N=Cc1cc(Br)c(OCc2ccccc2C#N)c([N+](=O)[O-])c1. The number of hydrogen-bond acceptors (Lipinski definition) is 7. The van der Waals surface area contributed by atoms with Gasteiger partial charge in [-0.3, -0.25) is 14.9 Å². The molecule has 0 aliphatic rings. The van der Waals surface area contributed by atoms with Crippen LogP contribution in [0.4, 0.5) is 5.69 Å². The van der Waals surface area contributed by atoms with Gasteiger partial charge in [-0.2, -0.15) is 15.0 Å². The summed E-state index contributed by atoms with van der Waals surface area (Å²) < 4.78 is 8.09. The van der Waals surface area contributed by atoms with E-state index in [1.54, 1.807) is 42.5 Å². The number of halogens is 2. The number of unbranched alkanes of at least 4 members (excludes halogenated alkanes) is 1. The fourth-order valence-electron chi connectivity index (χ4n) is 3.79. The first-order chi connectivity index (χ1) is 18.3. The number of nitrogens with zero attached hydrogens (tertiary/aromatic N) is 5. The summed E-state index contributed by atoms with van der Waals surface area (Å²) in [5.41, 5.74) is 1.38. The molecule has 0 aliphatic heterocycles. The summed E-state index contributed by atoms with van der Waals surface area (Å²) in [7, 11) is 0. The highest BCUT2D eigenvalue weighted by Crippen LogP contribution is 2.37. The number of rotatable bonds is 9. The van der Waals surface area contributed by atoms with Crippen LogP contribution in [0, 0.1) is 21.4 Å². The molecule has 4 rings (SSSR count). The van der Waals surface area contributed by atoms with Gasteiger partial charge >= 0.3 is 5.69 Å². The van der Waals surface area contributed by atoms with Gasteiger partial charge in [0.15, 0.2) is 0 Å². The van der Waals surface area contributed by atoms with Gasteiger partial charge in [-0.15, -0.1) is 0 Å². The normalized spacial score (nSPS) is 11.1. The number of nitro groups is 1. The molecule has 0 amide bonds. The highest BCUT2D eigenvalue weighted by atomic mass is 79.9. The van der Waals surface area contributed by atoms with Crippen LogP contribution in [0.15, 0.2) is 73.4 Å². The standard InChI is InChI=1S/C27H21Br2N5O4/c1-2-3-8-25-32-23-10-9-20(28)13-21(23)27(35)33(25)31-15-17-11-22(29)26(24(12-17)34(36)37)38-16-19-7-5-4-6-18(19)14-30/h4-7,9-13,15H,2-3,8,16H2,1H3. The van der Waals surface area contributed by atoms with Crippen molar-refractivity contribution in [3.8, 4) is 11.8 Å². The van der Waals surface area contributed by atoms with Crippen molar-refractivity contribution in [1.82, 2.24) is 9.66 Å². The molecule has 0 saturated carbocycles. The molecule has 1 heterocycles. The molecule has 4 aromatic rings. The van der Waals surface area contributed by atoms with Gasteiger partial charge in [0.25, 0.3) is 5.56 Å². The van der Waals surface area contributed by atoms with Crippen molar-refractivity contribution in [3.63, 3.8) is 0 Å². The number of benzene rings is 3. The second-order valence-electron chi connectivity index (χ2n) is 8.32. The van der Waals surface area contributed by atoms with E-state index in [9.17, 15) is 20.2 Å². The average molecular weight is 639 g/mol. The average Bonchev–Trinajstić information content (AvgIpc) is 2.91. The molecule has 0 fully saturated rings. The molecule has 0 atom stereocenters. The van der Waals surface area contributed by atoms with E-state index in [-0.39, 0.29) is 23.6 Å². The molecule has 1 aromatic heterocycles. The van der Waals surface area contributed by atoms with Crippen LogP contribution in [0.25, 0.3) is 10.9 Å². The molecule has 192 valence electrons. The maximum Gasteiger partial charge on any atom is 0.312 e. The van der Waals surface area contributed by atoms with Gasteiger partial charge in [-0.1, -0.05) is 47.5 Å². The Morgan fingerprint density at radius 1 is 1.21 bits per heavy atom. The largest absolute Gasteiger partial charge is 0.481 e. The molecule has 0 bridgehead atoms. The Balaban J connectivity index is 1.72. The summed E-state index contributed by atoms with van der Waals surface area (Å²) in [4.78, 5) is 29.2. The lowest BCUT2D eigenvalue weighted by molar-refractivity contribution is -0.386. The van der Waals surface area contributed by atoms with Crippen molar-refractivity contribution in [2.75, 3.05) is 0 Å². The number of aryl methyl sites for hydroxylation is 1. The highest BCUT2D eigenvalue weighted by molar-refractivity contribution is 9.10. The number of nitro benzene ring substituents is 1. The molecule has 9 nitrogen and oxygen atoms in total. The first kappa shape index (κ1) is 27.2.